The summed E-state index contributed by atoms with van der Waals surface area (Å²) < 4.78 is 7.63. The molecule has 1 amide bonds. The lowest BCUT2D eigenvalue weighted by Crippen LogP contribution is -2.48. The van der Waals surface area contributed by atoms with Crippen LogP contribution in [0.1, 0.15) is 15.5 Å². The van der Waals surface area contributed by atoms with Crippen molar-refractivity contribution in [1.82, 2.24) is 29.6 Å². The predicted molar refractivity (Wildman–Crippen MR) is 162 cm³/mol. The molecular weight excluding hydrogens is 578 g/mol. The number of halogens is 1. The van der Waals surface area contributed by atoms with Crippen LogP contribution in [0.25, 0.3) is 17.1 Å². The van der Waals surface area contributed by atoms with Gasteiger partial charge in [0.15, 0.2) is 11.0 Å². The monoisotopic (exact) mass is 603 g/mol. The molecule has 0 N–H and O–H groups in total. The number of methoxy groups -OCH3 is 1. The number of anilines is 1. The van der Waals surface area contributed by atoms with E-state index in [0.717, 1.165) is 35.0 Å². The van der Waals surface area contributed by atoms with Crippen molar-refractivity contribution in [3.05, 3.63) is 94.2 Å². The summed E-state index contributed by atoms with van der Waals surface area (Å²) in [5, 5.41) is 13.1. The van der Waals surface area contributed by atoms with Gasteiger partial charge in [0.05, 0.1) is 18.6 Å². The topological polar surface area (TPSA) is 89.3 Å². The molecule has 41 heavy (non-hydrogen) atoms. The minimum absolute atomic E-state index is 0.0413. The van der Waals surface area contributed by atoms with Crippen LogP contribution in [0.4, 0.5) is 5.69 Å². The summed E-state index contributed by atoms with van der Waals surface area (Å²) in [6.07, 6.45) is 3.46. The molecule has 0 atom stereocenters. The highest BCUT2D eigenvalue weighted by molar-refractivity contribution is 7.98. The summed E-state index contributed by atoms with van der Waals surface area (Å²) in [7, 11) is 1.65. The number of rotatable bonds is 8. The molecule has 0 saturated carbocycles. The van der Waals surface area contributed by atoms with Gasteiger partial charge >= 0.3 is 0 Å². The standard InChI is InChI=1S/C29H26ClN7O2S2/c1-39-25-8-3-2-7-24(25)37-27(20-9-11-31-12-10-20)33-34-29(37)41-19-26-32-23(18-40-26)28(38)36-15-13-35(14-16-36)22-6-4-5-21(30)17-22/h2-12,17-18H,13-16,19H2,1H3. The number of benzene rings is 2. The van der Waals surface area contributed by atoms with E-state index in [0.29, 0.717) is 46.3 Å². The number of carbonyl (C=O) groups is 1. The van der Waals surface area contributed by atoms with Crippen LogP contribution in [-0.2, 0) is 5.75 Å². The van der Waals surface area contributed by atoms with Crippen LogP contribution in [0.5, 0.6) is 5.75 Å². The Morgan fingerprint density at radius 2 is 1.83 bits per heavy atom. The summed E-state index contributed by atoms with van der Waals surface area (Å²) >= 11 is 9.15. The molecule has 3 aromatic heterocycles. The van der Waals surface area contributed by atoms with Crippen LogP contribution < -0.4 is 9.64 Å². The minimum atomic E-state index is -0.0413. The maximum absolute atomic E-state index is 13.2. The number of ether oxygens (including phenoxy) is 1. The summed E-state index contributed by atoms with van der Waals surface area (Å²) in [5.74, 6) is 1.90. The zero-order valence-electron chi connectivity index (χ0n) is 22.2. The highest BCUT2D eigenvalue weighted by atomic mass is 35.5. The van der Waals surface area contributed by atoms with Gasteiger partial charge in [-0.3, -0.25) is 14.3 Å². The van der Waals surface area contributed by atoms with E-state index in [1.54, 1.807) is 19.5 Å². The van der Waals surface area contributed by atoms with Crippen molar-refractivity contribution in [2.75, 3.05) is 38.2 Å². The molecule has 6 rings (SSSR count). The Morgan fingerprint density at radius 1 is 1.02 bits per heavy atom. The van der Waals surface area contributed by atoms with Crippen LogP contribution in [-0.4, -0.2) is 68.8 Å². The average Bonchev–Trinajstić information content (AvgIpc) is 3.67. The Bertz CT molecular complexity index is 1650. The molecule has 0 spiro atoms. The Kier molecular flexibility index (Phi) is 8.17. The number of piperazine rings is 1. The molecule has 1 aliphatic heterocycles. The maximum Gasteiger partial charge on any atom is 0.273 e. The summed E-state index contributed by atoms with van der Waals surface area (Å²) in [5.41, 5.74) is 3.28. The van der Waals surface area contributed by atoms with Crippen LogP contribution in [0.2, 0.25) is 5.02 Å². The summed E-state index contributed by atoms with van der Waals surface area (Å²) in [6, 6.07) is 19.4. The molecule has 4 heterocycles. The number of aromatic nitrogens is 5. The van der Waals surface area contributed by atoms with E-state index in [1.165, 1.54) is 23.1 Å². The molecule has 0 unspecified atom stereocenters. The molecule has 0 aliphatic carbocycles. The van der Waals surface area contributed by atoms with Gasteiger partial charge in [-0.2, -0.15) is 0 Å². The number of hydrogen-bond donors (Lipinski definition) is 0. The molecule has 9 nitrogen and oxygen atoms in total. The first-order chi connectivity index (χ1) is 20.1. The van der Waals surface area contributed by atoms with Gasteiger partial charge in [-0.15, -0.1) is 21.5 Å². The second-order valence-corrected chi connectivity index (χ2v) is 11.5. The van der Waals surface area contributed by atoms with E-state index in [-0.39, 0.29) is 5.91 Å². The molecule has 208 valence electrons. The van der Waals surface area contributed by atoms with Crippen LogP contribution in [0.3, 0.4) is 0 Å². The number of pyridine rings is 1. The number of amides is 1. The van der Waals surface area contributed by atoms with Gasteiger partial charge in [-0.05, 0) is 42.5 Å². The van der Waals surface area contributed by atoms with Gasteiger partial charge in [-0.1, -0.05) is 41.6 Å². The summed E-state index contributed by atoms with van der Waals surface area (Å²) in [6.45, 7) is 2.76. The van der Waals surface area contributed by atoms with Gasteiger partial charge in [0.1, 0.15) is 16.5 Å². The van der Waals surface area contributed by atoms with Gasteiger partial charge < -0.3 is 14.5 Å². The number of thiazole rings is 1. The van der Waals surface area contributed by atoms with Gasteiger partial charge in [0.25, 0.3) is 5.91 Å². The molecule has 0 radical (unpaired) electrons. The van der Waals surface area contributed by atoms with Crippen LogP contribution in [0, 0.1) is 0 Å². The first-order valence-corrected chi connectivity index (χ1v) is 15.2. The lowest BCUT2D eigenvalue weighted by molar-refractivity contribution is 0.0741. The zero-order valence-corrected chi connectivity index (χ0v) is 24.6. The zero-order chi connectivity index (χ0) is 28.2. The summed E-state index contributed by atoms with van der Waals surface area (Å²) in [4.78, 5) is 26.2. The SMILES string of the molecule is COc1ccccc1-n1c(SCc2nc(C(=O)N3CCN(c4cccc(Cl)c4)CC3)cs2)nnc1-c1ccncc1. The van der Waals surface area contributed by atoms with E-state index in [2.05, 4.69) is 25.1 Å². The predicted octanol–water partition coefficient (Wildman–Crippen LogP) is 5.70. The molecule has 5 aromatic rings. The van der Waals surface area contributed by atoms with E-state index >= 15 is 0 Å². The Balaban J connectivity index is 1.16. The largest absolute Gasteiger partial charge is 0.495 e. The first-order valence-electron chi connectivity index (χ1n) is 13.0. The van der Waals surface area contributed by atoms with E-state index in [1.807, 2.05) is 75.5 Å². The molecule has 1 fully saturated rings. The van der Waals surface area contributed by atoms with Gasteiger partial charge in [-0.25, -0.2) is 4.98 Å². The highest BCUT2D eigenvalue weighted by Gasteiger charge is 2.25. The van der Waals surface area contributed by atoms with Crippen molar-refractivity contribution in [1.29, 1.82) is 0 Å². The van der Waals surface area contributed by atoms with Crippen molar-refractivity contribution in [2.45, 2.75) is 10.9 Å². The molecular formula is C29H26ClN7O2S2. The van der Waals surface area contributed by atoms with E-state index in [4.69, 9.17) is 16.3 Å². The lowest BCUT2D eigenvalue weighted by atomic mass is 10.2. The van der Waals surface area contributed by atoms with Crippen LogP contribution >= 0.6 is 34.7 Å². The number of carbonyl (C=O) groups excluding carboxylic acids is 1. The second kappa shape index (κ2) is 12.3. The number of hydrogen-bond acceptors (Lipinski definition) is 9. The Hall–Kier alpha value is -3.93. The molecule has 1 saturated heterocycles. The normalized spacial score (nSPS) is 13.4. The van der Waals surface area contributed by atoms with E-state index < -0.39 is 0 Å². The third-order valence-electron chi connectivity index (χ3n) is 6.73. The Labute approximate surface area is 250 Å². The maximum atomic E-state index is 13.2. The van der Waals surface area contributed by atoms with Crippen molar-refractivity contribution in [3.8, 4) is 22.8 Å². The van der Waals surface area contributed by atoms with Gasteiger partial charge in [0.2, 0.25) is 0 Å². The average molecular weight is 604 g/mol. The molecule has 12 heteroatoms. The molecule has 2 aromatic carbocycles. The van der Waals surface area contributed by atoms with E-state index in [9.17, 15) is 4.79 Å². The second-order valence-electron chi connectivity index (χ2n) is 9.22. The molecule has 0 bridgehead atoms. The fraction of sp³-hybridized carbons (Fsp3) is 0.207. The minimum Gasteiger partial charge on any atom is -0.495 e. The van der Waals surface area contributed by atoms with Crippen molar-refractivity contribution in [3.63, 3.8) is 0 Å². The first kappa shape index (κ1) is 27.3. The van der Waals surface area contributed by atoms with Crippen molar-refractivity contribution < 1.29 is 9.53 Å². The highest BCUT2D eigenvalue weighted by Crippen LogP contribution is 2.34. The number of para-hydroxylation sites is 2. The van der Waals surface area contributed by atoms with Crippen molar-refractivity contribution in [2.24, 2.45) is 0 Å². The lowest BCUT2D eigenvalue weighted by Gasteiger charge is -2.35. The fourth-order valence-electron chi connectivity index (χ4n) is 4.69. The quantitative estimate of drug-likeness (QED) is 0.209. The van der Waals surface area contributed by atoms with Crippen LogP contribution in [0.15, 0.2) is 83.6 Å². The third-order valence-corrected chi connectivity index (χ3v) is 8.94. The fourth-order valence-corrected chi connectivity index (χ4v) is 6.60. The number of thioether (sulfide) groups is 1. The Morgan fingerprint density at radius 3 is 2.61 bits per heavy atom. The molecule has 1 aliphatic rings. The third kappa shape index (κ3) is 5.92. The van der Waals surface area contributed by atoms with Crippen molar-refractivity contribution >= 4 is 46.3 Å². The van der Waals surface area contributed by atoms with Gasteiger partial charge in [0, 0.05) is 60.2 Å². The number of nitrogens with zero attached hydrogens (tertiary/aromatic N) is 7. The smallest absolute Gasteiger partial charge is 0.273 e.